The number of ether oxygens (including phenoxy) is 2. The van der Waals surface area contributed by atoms with Crippen LogP contribution in [0.2, 0.25) is 10.0 Å². The van der Waals surface area contributed by atoms with Crippen LogP contribution in [0.25, 0.3) is 11.5 Å². The number of rotatable bonds is 12. The van der Waals surface area contributed by atoms with Crippen molar-refractivity contribution in [3.63, 3.8) is 0 Å². The van der Waals surface area contributed by atoms with Crippen LogP contribution in [0.1, 0.15) is 82.5 Å². The Bertz CT molecular complexity index is 1420. The van der Waals surface area contributed by atoms with E-state index in [2.05, 4.69) is 13.8 Å². The summed E-state index contributed by atoms with van der Waals surface area (Å²) in [5, 5.41) is 0.632. The fourth-order valence-corrected chi connectivity index (χ4v) is 4.86. The smallest absolute Gasteiger partial charge is 0.343 e. The van der Waals surface area contributed by atoms with Gasteiger partial charge in [-0.25, -0.2) is 9.59 Å². The maximum atomic E-state index is 13.5. The second-order valence-corrected chi connectivity index (χ2v) is 10.8. The van der Waals surface area contributed by atoms with Crippen molar-refractivity contribution in [2.24, 2.45) is 0 Å². The van der Waals surface area contributed by atoms with E-state index in [1.807, 2.05) is 24.3 Å². The first-order valence-electron chi connectivity index (χ1n) is 14.3. The van der Waals surface area contributed by atoms with Crippen LogP contribution in [-0.4, -0.2) is 11.9 Å². The van der Waals surface area contributed by atoms with Crippen LogP contribution in [0.3, 0.4) is 0 Å². The molecule has 6 heteroatoms. The monoisotopic (exact) mass is 600 g/mol. The van der Waals surface area contributed by atoms with E-state index in [-0.39, 0.29) is 11.5 Å². The molecule has 4 nitrogen and oxygen atoms in total. The van der Waals surface area contributed by atoms with Gasteiger partial charge in [0, 0.05) is 11.1 Å². The van der Waals surface area contributed by atoms with E-state index in [0.717, 1.165) is 49.7 Å². The molecule has 0 N–H and O–H groups in total. The molecule has 0 heterocycles. The number of hydrogen-bond donors (Lipinski definition) is 0. The third kappa shape index (κ3) is 8.12. The van der Waals surface area contributed by atoms with Crippen molar-refractivity contribution in [2.45, 2.75) is 52.4 Å². The molecule has 0 atom stereocenters. The van der Waals surface area contributed by atoms with Gasteiger partial charge in [-0.3, -0.25) is 0 Å². The van der Waals surface area contributed by atoms with E-state index in [0.29, 0.717) is 32.3 Å². The molecule has 0 aliphatic rings. The lowest BCUT2D eigenvalue weighted by Crippen LogP contribution is -2.12. The van der Waals surface area contributed by atoms with Crippen LogP contribution in [0, 0.1) is 0 Å². The van der Waals surface area contributed by atoms with Gasteiger partial charge in [-0.15, -0.1) is 0 Å². The molecule has 0 aliphatic carbocycles. The quantitative estimate of drug-likeness (QED) is 0.0921. The molecule has 4 aromatic carbocycles. The Morgan fingerprint density at radius 2 is 0.905 bits per heavy atom. The Morgan fingerprint density at radius 1 is 0.548 bits per heavy atom. The van der Waals surface area contributed by atoms with E-state index < -0.39 is 11.9 Å². The highest BCUT2D eigenvalue weighted by atomic mass is 35.5. The SMILES string of the molecule is CCCCc1ccc(C(=O)OC(=C(OC(=O)c2ccc(CCCC)cc2)c2ccccc2Cl)c2ccccc2Cl)cc1. The topological polar surface area (TPSA) is 52.6 Å². The maximum absolute atomic E-state index is 13.5. The highest BCUT2D eigenvalue weighted by molar-refractivity contribution is 6.33. The molecule has 216 valence electrons. The van der Waals surface area contributed by atoms with Crippen LogP contribution in [0.15, 0.2) is 97.1 Å². The molecule has 0 fully saturated rings. The van der Waals surface area contributed by atoms with Gasteiger partial charge in [0.15, 0.2) is 11.5 Å². The average Bonchev–Trinajstić information content (AvgIpc) is 3.01. The standard InChI is InChI=1S/C36H34Cl2O4/c1-3-5-11-25-17-21-27(22-18-25)35(39)41-33(29-13-7-9-15-31(29)37)34(30-14-8-10-16-32(30)38)42-36(40)28-23-19-26(20-24-28)12-6-4-2/h7-10,13-24H,3-6,11-12H2,1-2H3. The predicted molar refractivity (Wildman–Crippen MR) is 171 cm³/mol. The molecule has 0 amide bonds. The molecule has 4 rings (SSSR count). The number of aryl methyl sites for hydroxylation is 2. The fraction of sp³-hybridized carbons (Fsp3) is 0.222. The van der Waals surface area contributed by atoms with Crippen LogP contribution < -0.4 is 0 Å². The van der Waals surface area contributed by atoms with Crippen molar-refractivity contribution < 1.29 is 19.1 Å². The number of halogens is 2. The van der Waals surface area contributed by atoms with Gasteiger partial charge in [0.1, 0.15) is 0 Å². The maximum Gasteiger partial charge on any atom is 0.343 e. The highest BCUT2D eigenvalue weighted by Crippen LogP contribution is 2.36. The van der Waals surface area contributed by atoms with Crippen molar-refractivity contribution in [3.05, 3.63) is 140 Å². The molecule has 0 spiro atoms. The minimum Gasteiger partial charge on any atom is -0.418 e. The zero-order valence-electron chi connectivity index (χ0n) is 23.9. The number of unbranched alkanes of at least 4 members (excludes halogenated alkanes) is 2. The second-order valence-electron chi connectivity index (χ2n) is 10.00. The van der Waals surface area contributed by atoms with Gasteiger partial charge in [0.05, 0.1) is 21.2 Å². The summed E-state index contributed by atoms with van der Waals surface area (Å²) in [6.45, 7) is 4.28. The Labute approximate surface area is 257 Å². The molecule has 0 radical (unpaired) electrons. The van der Waals surface area contributed by atoms with Crippen molar-refractivity contribution in [1.82, 2.24) is 0 Å². The van der Waals surface area contributed by atoms with Crippen molar-refractivity contribution >= 4 is 46.7 Å². The first kappa shape index (κ1) is 31.1. The molecule has 0 saturated carbocycles. The van der Waals surface area contributed by atoms with Gasteiger partial charge >= 0.3 is 11.9 Å². The van der Waals surface area contributed by atoms with E-state index in [9.17, 15) is 9.59 Å². The Morgan fingerprint density at radius 3 is 1.24 bits per heavy atom. The largest absolute Gasteiger partial charge is 0.418 e. The fourth-order valence-electron chi connectivity index (χ4n) is 4.42. The molecule has 0 aromatic heterocycles. The zero-order valence-corrected chi connectivity index (χ0v) is 25.4. The summed E-state index contributed by atoms with van der Waals surface area (Å²) < 4.78 is 12.0. The lowest BCUT2D eigenvalue weighted by Gasteiger charge is -2.18. The molecule has 42 heavy (non-hydrogen) atoms. The summed E-state index contributed by atoms with van der Waals surface area (Å²) in [5.74, 6) is -1.26. The molecule has 4 aromatic rings. The summed E-state index contributed by atoms with van der Waals surface area (Å²) >= 11 is 13.2. The van der Waals surface area contributed by atoms with E-state index in [1.54, 1.807) is 72.8 Å². The van der Waals surface area contributed by atoms with Gasteiger partial charge in [-0.2, -0.15) is 0 Å². The molecule has 0 saturated heterocycles. The van der Waals surface area contributed by atoms with Crippen LogP contribution in [-0.2, 0) is 22.3 Å². The normalized spacial score (nSPS) is 11.5. The van der Waals surface area contributed by atoms with Gasteiger partial charge < -0.3 is 9.47 Å². The van der Waals surface area contributed by atoms with Crippen molar-refractivity contribution in [3.8, 4) is 0 Å². The number of benzene rings is 4. The van der Waals surface area contributed by atoms with E-state index in [4.69, 9.17) is 32.7 Å². The number of hydrogen-bond acceptors (Lipinski definition) is 4. The molecule has 0 unspecified atom stereocenters. The lowest BCUT2D eigenvalue weighted by molar-refractivity contribution is 0.0647. The number of carbonyl (C=O) groups is 2. The minimum atomic E-state index is -0.618. The van der Waals surface area contributed by atoms with E-state index >= 15 is 0 Å². The number of carbonyl (C=O) groups excluding carboxylic acids is 2. The summed E-state index contributed by atoms with van der Waals surface area (Å²) in [6, 6.07) is 28.4. The summed E-state index contributed by atoms with van der Waals surface area (Å²) in [4.78, 5) is 27.0. The van der Waals surface area contributed by atoms with Crippen LogP contribution in [0.4, 0.5) is 0 Å². The van der Waals surface area contributed by atoms with Gasteiger partial charge in [-0.05, 0) is 85.3 Å². The lowest BCUT2D eigenvalue weighted by atomic mass is 10.1. The minimum absolute atomic E-state index is 0.0123. The molecule has 0 aliphatic heterocycles. The Hall–Kier alpha value is -3.86. The predicted octanol–water partition coefficient (Wildman–Crippen LogP) is 10.2. The molecular formula is C36H34Cl2O4. The summed E-state index contributed by atoms with van der Waals surface area (Å²) in [5.41, 5.74) is 3.75. The summed E-state index contributed by atoms with van der Waals surface area (Å²) in [7, 11) is 0. The first-order valence-corrected chi connectivity index (χ1v) is 15.0. The molecular weight excluding hydrogens is 567 g/mol. The zero-order chi connectivity index (χ0) is 29.9. The van der Waals surface area contributed by atoms with Gasteiger partial charge in [0.25, 0.3) is 0 Å². The van der Waals surface area contributed by atoms with Crippen molar-refractivity contribution in [1.29, 1.82) is 0 Å². The second kappa shape index (κ2) is 15.4. The van der Waals surface area contributed by atoms with Crippen molar-refractivity contribution in [2.75, 3.05) is 0 Å². The first-order chi connectivity index (χ1) is 20.4. The van der Waals surface area contributed by atoms with Gasteiger partial charge in [-0.1, -0.05) is 98.4 Å². The number of esters is 2. The molecule has 0 bridgehead atoms. The Balaban J connectivity index is 1.77. The third-order valence-electron chi connectivity index (χ3n) is 6.85. The third-order valence-corrected chi connectivity index (χ3v) is 7.51. The van der Waals surface area contributed by atoms with E-state index in [1.165, 1.54) is 0 Å². The van der Waals surface area contributed by atoms with Crippen LogP contribution in [0.5, 0.6) is 0 Å². The Kier molecular flexibility index (Phi) is 11.4. The van der Waals surface area contributed by atoms with Crippen LogP contribution >= 0.6 is 23.2 Å². The van der Waals surface area contributed by atoms with Gasteiger partial charge in [0.2, 0.25) is 0 Å². The summed E-state index contributed by atoms with van der Waals surface area (Å²) in [6.07, 6.45) is 6.17. The highest BCUT2D eigenvalue weighted by Gasteiger charge is 2.25. The average molecular weight is 602 g/mol.